The Kier molecular flexibility index (Phi) is 4.30. The van der Waals surface area contributed by atoms with Gasteiger partial charge in [-0.3, -0.25) is 0 Å². The summed E-state index contributed by atoms with van der Waals surface area (Å²) in [5.41, 5.74) is 0.313. The summed E-state index contributed by atoms with van der Waals surface area (Å²) < 4.78 is 7.98. The molecule has 3 rings (SSSR count). The first-order chi connectivity index (χ1) is 10.8. The molecule has 7 heteroatoms. The van der Waals surface area contributed by atoms with E-state index in [1.807, 2.05) is 18.5 Å². The van der Waals surface area contributed by atoms with Crippen LogP contribution in [0.3, 0.4) is 0 Å². The molecule has 1 aliphatic heterocycles. The first-order valence-electron chi connectivity index (χ1n) is 7.41. The van der Waals surface area contributed by atoms with Crippen molar-refractivity contribution in [2.24, 2.45) is 5.92 Å². The van der Waals surface area contributed by atoms with E-state index in [1.165, 1.54) is 6.20 Å². The summed E-state index contributed by atoms with van der Waals surface area (Å²) in [5, 5.41) is 12.3. The largest absolute Gasteiger partial charge is 0.370 e. The van der Waals surface area contributed by atoms with E-state index >= 15 is 0 Å². The predicted molar refractivity (Wildman–Crippen MR) is 79.9 cm³/mol. The number of nitriles is 1. The zero-order valence-electron chi connectivity index (χ0n) is 12.4. The highest BCUT2D eigenvalue weighted by Crippen LogP contribution is 2.33. The number of rotatable bonds is 5. The first-order valence-corrected chi connectivity index (χ1v) is 7.41. The van der Waals surface area contributed by atoms with Gasteiger partial charge in [0.15, 0.2) is 11.5 Å². The van der Waals surface area contributed by atoms with Gasteiger partial charge in [0.1, 0.15) is 18.0 Å². The normalized spacial score (nSPS) is 20.7. The number of ether oxygens (including phenoxy) is 1. The van der Waals surface area contributed by atoms with E-state index in [0.717, 1.165) is 25.4 Å². The quantitative estimate of drug-likeness (QED) is 0.904. The van der Waals surface area contributed by atoms with Crippen molar-refractivity contribution in [3.05, 3.63) is 36.3 Å². The van der Waals surface area contributed by atoms with Crippen LogP contribution in [0.25, 0.3) is 0 Å². The second-order valence-electron chi connectivity index (χ2n) is 5.16. The molecular weight excluding hydrogens is 280 g/mol. The van der Waals surface area contributed by atoms with E-state index in [2.05, 4.69) is 31.8 Å². The summed E-state index contributed by atoms with van der Waals surface area (Å²) in [6.07, 6.45) is 7.80. The van der Waals surface area contributed by atoms with Crippen LogP contribution in [-0.2, 0) is 11.3 Å². The van der Waals surface area contributed by atoms with Gasteiger partial charge in [0.05, 0.1) is 0 Å². The van der Waals surface area contributed by atoms with E-state index in [9.17, 15) is 0 Å². The zero-order chi connectivity index (χ0) is 15.4. The van der Waals surface area contributed by atoms with Crippen molar-refractivity contribution in [1.29, 1.82) is 5.26 Å². The molecule has 0 spiro atoms. The third kappa shape index (κ3) is 2.78. The molecule has 1 saturated heterocycles. The van der Waals surface area contributed by atoms with Gasteiger partial charge >= 0.3 is 0 Å². The molecule has 2 aromatic rings. The second kappa shape index (κ2) is 6.54. The molecular formula is C15H18N6O. The van der Waals surface area contributed by atoms with Crippen molar-refractivity contribution in [2.45, 2.75) is 26.0 Å². The molecule has 22 heavy (non-hydrogen) atoms. The number of imidazole rings is 1. The van der Waals surface area contributed by atoms with Gasteiger partial charge in [0, 0.05) is 50.4 Å². The predicted octanol–water partition coefficient (Wildman–Crippen LogP) is 1.75. The lowest BCUT2D eigenvalue weighted by Crippen LogP contribution is -2.21. The Morgan fingerprint density at radius 3 is 3.05 bits per heavy atom. The highest BCUT2D eigenvalue weighted by molar-refractivity contribution is 5.46. The summed E-state index contributed by atoms with van der Waals surface area (Å²) in [6.45, 7) is 4.36. The van der Waals surface area contributed by atoms with Crippen molar-refractivity contribution in [1.82, 2.24) is 19.5 Å². The number of nitrogens with zero attached hydrogens (tertiary/aromatic N) is 5. The molecule has 0 unspecified atom stereocenters. The van der Waals surface area contributed by atoms with Gasteiger partial charge in [-0.05, 0) is 13.3 Å². The number of anilines is 1. The summed E-state index contributed by atoms with van der Waals surface area (Å²) in [7, 11) is 0. The number of aromatic nitrogens is 4. The van der Waals surface area contributed by atoms with E-state index in [1.54, 1.807) is 6.20 Å². The van der Waals surface area contributed by atoms with E-state index < -0.39 is 0 Å². The molecule has 1 fully saturated rings. The molecule has 0 bridgehead atoms. The van der Waals surface area contributed by atoms with Gasteiger partial charge in [-0.15, -0.1) is 0 Å². The molecule has 1 N–H and O–H groups in total. The van der Waals surface area contributed by atoms with Gasteiger partial charge in [-0.25, -0.2) is 15.0 Å². The number of nitrogens with one attached hydrogen (secondary N) is 1. The Balaban J connectivity index is 1.71. The lowest BCUT2D eigenvalue weighted by Gasteiger charge is -2.19. The highest BCUT2D eigenvalue weighted by atomic mass is 16.5. The number of aryl methyl sites for hydroxylation is 1. The monoisotopic (exact) mass is 298 g/mol. The van der Waals surface area contributed by atoms with Crippen LogP contribution in [0.1, 0.15) is 31.0 Å². The Morgan fingerprint density at radius 2 is 2.23 bits per heavy atom. The summed E-state index contributed by atoms with van der Waals surface area (Å²) in [5.74, 6) is 1.78. The van der Waals surface area contributed by atoms with Crippen LogP contribution in [0.4, 0.5) is 5.82 Å². The summed E-state index contributed by atoms with van der Waals surface area (Å²) in [6, 6.07) is 2.04. The second-order valence-corrected chi connectivity index (χ2v) is 5.16. The Labute approximate surface area is 129 Å². The first kappa shape index (κ1) is 14.5. The van der Waals surface area contributed by atoms with Gasteiger partial charge in [-0.2, -0.15) is 5.26 Å². The minimum absolute atomic E-state index is 0.0235. The third-order valence-corrected chi connectivity index (χ3v) is 3.89. The fourth-order valence-corrected chi connectivity index (χ4v) is 2.75. The van der Waals surface area contributed by atoms with Gasteiger partial charge < -0.3 is 14.6 Å². The third-order valence-electron chi connectivity index (χ3n) is 3.89. The maximum atomic E-state index is 9.05. The molecule has 7 nitrogen and oxygen atoms in total. The highest BCUT2D eigenvalue weighted by Gasteiger charge is 2.32. The van der Waals surface area contributed by atoms with Crippen LogP contribution < -0.4 is 5.32 Å². The smallest absolute Gasteiger partial charge is 0.182 e. The molecule has 3 heterocycles. The van der Waals surface area contributed by atoms with Crippen LogP contribution in [0.15, 0.2) is 24.8 Å². The molecule has 0 saturated carbocycles. The minimum atomic E-state index is -0.0235. The standard InChI is InChI=1S/C15H18N6O/c1-2-21-7-6-19-15(21)13-11(3-8-22-13)10-20-14-12(9-16)17-4-5-18-14/h4-7,11,13H,2-3,8,10H2,1H3,(H,18,20)/t11-,13+/m0/s1. The number of hydrogen-bond acceptors (Lipinski definition) is 6. The Morgan fingerprint density at radius 1 is 1.36 bits per heavy atom. The van der Waals surface area contributed by atoms with Crippen LogP contribution in [0.5, 0.6) is 0 Å². The van der Waals surface area contributed by atoms with E-state index in [4.69, 9.17) is 10.00 Å². The van der Waals surface area contributed by atoms with Gasteiger partial charge in [0.25, 0.3) is 0 Å². The Bertz CT molecular complexity index is 677. The van der Waals surface area contributed by atoms with E-state index in [-0.39, 0.29) is 6.10 Å². The molecule has 1 aliphatic rings. The molecule has 114 valence electrons. The Hall–Kier alpha value is -2.46. The molecule has 0 aliphatic carbocycles. The summed E-state index contributed by atoms with van der Waals surface area (Å²) in [4.78, 5) is 12.6. The average Bonchev–Trinajstić information content (AvgIpc) is 3.21. The van der Waals surface area contributed by atoms with Crippen LogP contribution in [0.2, 0.25) is 0 Å². The maximum Gasteiger partial charge on any atom is 0.182 e. The zero-order valence-corrected chi connectivity index (χ0v) is 12.4. The minimum Gasteiger partial charge on any atom is -0.370 e. The molecule has 0 radical (unpaired) electrons. The van der Waals surface area contributed by atoms with Crippen molar-refractivity contribution < 1.29 is 4.74 Å². The molecule has 0 aromatic carbocycles. The lowest BCUT2D eigenvalue weighted by atomic mass is 10.0. The fourth-order valence-electron chi connectivity index (χ4n) is 2.75. The molecule has 2 atom stereocenters. The van der Waals surface area contributed by atoms with Crippen molar-refractivity contribution in [3.8, 4) is 6.07 Å². The van der Waals surface area contributed by atoms with E-state index in [0.29, 0.717) is 24.0 Å². The van der Waals surface area contributed by atoms with Crippen LogP contribution in [0, 0.1) is 17.2 Å². The van der Waals surface area contributed by atoms with Crippen LogP contribution in [-0.4, -0.2) is 32.7 Å². The van der Waals surface area contributed by atoms with Crippen molar-refractivity contribution >= 4 is 5.82 Å². The summed E-state index contributed by atoms with van der Waals surface area (Å²) >= 11 is 0. The van der Waals surface area contributed by atoms with Crippen LogP contribution >= 0.6 is 0 Å². The maximum absolute atomic E-state index is 9.05. The SMILES string of the molecule is CCn1ccnc1[C@@H]1OCC[C@H]1CNc1nccnc1C#N. The van der Waals surface area contributed by atoms with Crippen molar-refractivity contribution in [2.75, 3.05) is 18.5 Å². The topological polar surface area (TPSA) is 88.7 Å². The lowest BCUT2D eigenvalue weighted by molar-refractivity contribution is 0.0832. The van der Waals surface area contributed by atoms with Gasteiger partial charge in [0.2, 0.25) is 0 Å². The average molecular weight is 298 g/mol. The fraction of sp³-hybridized carbons (Fsp3) is 0.467. The molecule has 0 amide bonds. The molecule has 2 aromatic heterocycles. The number of hydrogen-bond donors (Lipinski definition) is 1. The van der Waals surface area contributed by atoms with Crippen molar-refractivity contribution in [3.63, 3.8) is 0 Å². The van der Waals surface area contributed by atoms with Gasteiger partial charge in [-0.1, -0.05) is 0 Å².